The van der Waals surface area contributed by atoms with E-state index in [4.69, 9.17) is 4.74 Å². The number of benzene rings is 2. The summed E-state index contributed by atoms with van der Waals surface area (Å²) in [7, 11) is -3.90. The number of rotatable bonds is 7. The van der Waals surface area contributed by atoms with Crippen LogP contribution in [0.5, 0.6) is 5.75 Å². The molecule has 0 unspecified atom stereocenters. The lowest BCUT2D eigenvalue weighted by Crippen LogP contribution is -2.48. The van der Waals surface area contributed by atoms with Crippen LogP contribution in [0.2, 0.25) is 0 Å². The van der Waals surface area contributed by atoms with E-state index in [2.05, 4.69) is 8.75 Å². The van der Waals surface area contributed by atoms with E-state index in [0.29, 0.717) is 49.3 Å². The number of aromatic nitrogens is 2. The molecule has 4 rings (SSSR count). The highest BCUT2D eigenvalue weighted by Crippen LogP contribution is 2.32. The number of hydrogen-bond acceptors (Lipinski definition) is 7. The second kappa shape index (κ2) is 8.89. The Labute approximate surface area is 185 Å². The minimum absolute atomic E-state index is 0.0996. The predicted octanol–water partition coefficient (Wildman–Crippen LogP) is 3.30. The van der Waals surface area contributed by atoms with Crippen LogP contribution in [-0.2, 0) is 14.8 Å². The maximum atomic E-state index is 13.5. The van der Waals surface area contributed by atoms with Gasteiger partial charge in [-0.15, -0.1) is 0 Å². The van der Waals surface area contributed by atoms with Crippen LogP contribution in [0.1, 0.15) is 26.7 Å². The first-order valence-corrected chi connectivity index (χ1v) is 12.4. The second-order valence-corrected chi connectivity index (χ2v) is 9.56. The molecule has 8 nitrogen and oxygen atoms in total. The summed E-state index contributed by atoms with van der Waals surface area (Å²) in [5.74, 6) is 0.501. The number of sulfonamides is 1. The fourth-order valence-corrected chi connectivity index (χ4v) is 6.33. The average molecular weight is 461 g/mol. The zero-order valence-electron chi connectivity index (χ0n) is 17.4. The molecule has 0 saturated carbocycles. The Morgan fingerprint density at radius 2 is 1.97 bits per heavy atom. The zero-order valence-corrected chi connectivity index (χ0v) is 19.0. The molecule has 31 heavy (non-hydrogen) atoms. The summed E-state index contributed by atoms with van der Waals surface area (Å²) in [6.07, 6.45) is 1.11. The van der Waals surface area contributed by atoms with E-state index >= 15 is 0 Å². The molecule has 0 bridgehead atoms. The Bertz CT molecular complexity index is 1180. The minimum Gasteiger partial charge on any atom is -0.494 e. The quantitative estimate of drug-likeness (QED) is 0.537. The van der Waals surface area contributed by atoms with Crippen molar-refractivity contribution in [3.63, 3.8) is 0 Å². The highest BCUT2D eigenvalue weighted by atomic mass is 32.2. The molecule has 1 aromatic heterocycles. The molecule has 0 spiro atoms. The van der Waals surface area contributed by atoms with Crippen LogP contribution in [0.4, 0.5) is 5.69 Å². The first-order valence-electron chi connectivity index (χ1n) is 10.2. The summed E-state index contributed by atoms with van der Waals surface area (Å²) in [5.41, 5.74) is 1.60. The Kier molecular flexibility index (Phi) is 6.22. The molecule has 2 aromatic carbocycles. The first-order chi connectivity index (χ1) is 15.0. The molecular weight excluding hydrogens is 436 g/mol. The number of likely N-dealkylation sites (N-methyl/N-ethyl adjacent to an activating group) is 1. The molecule has 0 radical (unpaired) electrons. The van der Waals surface area contributed by atoms with Crippen LogP contribution < -0.4 is 9.64 Å². The lowest BCUT2D eigenvalue weighted by molar-refractivity contribution is -0.121. The van der Waals surface area contributed by atoms with Crippen LogP contribution >= 0.6 is 11.7 Å². The Morgan fingerprint density at radius 1 is 1.19 bits per heavy atom. The number of hydrogen-bond donors (Lipinski definition) is 0. The number of carbonyl (C=O) groups excluding carboxylic acids is 1. The van der Waals surface area contributed by atoms with Gasteiger partial charge < -0.3 is 9.64 Å². The lowest BCUT2D eigenvalue weighted by Gasteiger charge is -2.29. The molecule has 1 atom stereocenters. The van der Waals surface area contributed by atoms with Crippen LogP contribution in [0, 0.1) is 0 Å². The van der Waals surface area contributed by atoms with Gasteiger partial charge in [-0.3, -0.25) is 4.79 Å². The van der Waals surface area contributed by atoms with Crippen molar-refractivity contribution >= 4 is 44.4 Å². The summed E-state index contributed by atoms with van der Waals surface area (Å²) in [5, 5.41) is 0. The SMILES string of the molecule is CCOc1ccc(N(CC)C(=O)[C@H]2CCCN2S(=O)(=O)c2cccc3nsnc23)cc1. The van der Waals surface area contributed by atoms with Crippen LogP contribution in [0.25, 0.3) is 11.0 Å². The van der Waals surface area contributed by atoms with Gasteiger partial charge in [-0.25, -0.2) is 8.42 Å². The van der Waals surface area contributed by atoms with Gasteiger partial charge in [0.25, 0.3) is 0 Å². The molecule has 10 heteroatoms. The normalized spacial score (nSPS) is 17.2. The fraction of sp³-hybridized carbons (Fsp3) is 0.381. The monoisotopic (exact) mass is 460 g/mol. The fourth-order valence-electron chi connectivity index (χ4n) is 3.93. The van der Waals surface area contributed by atoms with Gasteiger partial charge >= 0.3 is 0 Å². The predicted molar refractivity (Wildman–Crippen MR) is 120 cm³/mol. The molecule has 1 aliphatic heterocycles. The van der Waals surface area contributed by atoms with Gasteiger partial charge in [0.05, 0.1) is 18.3 Å². The van der Waals surface area contributed by atoms with Crippen molar-refractivity contribution in [3.05, 3.63) is 42.5 Å². The maximum Gasteiger partial charge on any atom is 0.246 e. The van der Waals surface area contributed by atoms with Crippen molar-refractivity contribution in [3.8, 4) is 5.75 Å². The zero-order chi connectivity index (χ0) is 22.0. The molecule has 1 fully saturated rings. The van der Waals surface area contributed by atoms with Crippen molar-refractivity contribution in [1.82, 2.24) is 13.1 Å². The number of anilines is 1. The average Bonchev–Trinajstić information content (AvgIpc) is 3.45. The number of carbonyl (C=O) groups is 1. The topological polar surface area (TPSA) is 92.7 Å². The van der Waals surface area contributed by atoms with Crippen LogP contribution in [-0.4, -0.2) is 53.1 Å². The molecule has 0 N–H and O–H groups in total. The molecule has 164 valence electrons. The molecule has 1 aliphatic rings. The van der Waals surface area contributed by atoms with E-state index in [1.807, 2.05) is 38.1 Å². The Morgan fingerprint density at radius 3 is 2.68 bits per heavy atom. The number of amides is 1. The van der Waals surface area contributed by atoms with Gasteiger partial charge in [0.1, 0.15) is 27.7 Å². The van der Waals surface area contributed by atoms with Crippen molar-refractivity contribution < 1.29 is 17.9 Å². The van der Waals surface area contributed by atoms with Gasteiger partial charge in [-0.2, -0.15) is 13.1 Å². The maximum absolute atomic E-state index is 13.5. The second-order valence-electron chi connectivity index (χ2n) is 7.17. The summed E-state index contributed by atoms with van der Waals surface area (Å²) in [6, 6.07) is 11.4. The van der Waals surface area contributed by atoms with Gasteiger partial charge in [-0.1, -0.05) is 6.07 Å². The molecular formula is C21H24N4O4S2. The van der Waals surface area contributed by atoms with Gasteiger partial charge in [0, 0.05) is 18.8 Å². The highest BCUT2D eigenvalue weighted by molar-refractivity contribution is 7.89. The highest BCUT2D eigenvalue weighted by Gasteiger charge is 2.42. The Balaban J connectivity index is 1.63. The molecule has 1 amide bonds. The van der Waals surface area contributed by atoms with Gasteiger partial charge in [0.2, 0.25) is 15.9 Å². The van der Waals surface area contributed by atoms with Crippen molar-refractivity contribution in [2.45, 2.75) is 37.6 Å². The smallest absolute Gasteiger partial charge is 0.246 e. The third-order valence-corrected chi connectivity index (χ3v) is 7.85. The summed E-state index contributed by atoms with van der Waals surface area (Å²) >= 11 is 0.975. The molecule has 2 heterocycles. The van der Waals surface area contributed by atoms with Crippen LogP contribution in [0.15, 0.2) is 47.4 Å². The van der Waals surface area contributed by atoms with Crippen LogP contribution in [0.3, 0.4) is 0 Å². The summed E-state index contributed by atoms with van der Waals surface area (Å²) in [4.78, 5) is 15.2. The van der Waals surface area contributed by atoms with E-state index < -0.39 is 16.1 Å². The number of nitrogens with zero attached hydrogens (tertiary/aromatic N) is 4. The summed E-state index contributed by atoms with van der Waals surface area (Å²) < 4.78 is 42.1. The van der Waals surface area contributed by atoms with E-state index in [1.54, 1.807) is 17.0 Å². The molecule has 0 aliphatic carbocycles. The number of ether oxygens (including phenoxy) is 1. The van der Waals surface area contributed by atoms with Crippen molar-refractivity contribution in [2.24, 2.45) is 0 Å². The van der Waals surface area contributed by atoms with E-state index in [9.17, 15) is 13.2 Å². The van der Waals surface area contributed by atoms with E-state index in [1.165, 1.54) is 10.4 Å². The lowest BCUT2D eigenvalue weighted by atomic mass is 10.2. The van der Waals surface area contributed by atoms with Gasteiger partial charge in [0.15, 0.2) is 0 Å². The number of fused-ring (bicyclic) bond motifs is 1. The van der Waals surface area contributed by atoms with Gasteiger partial charge in [-0.05, 0) is 63.1 Å². The first kappa shape index (κ1) is 21.7. The summed E-state index contributed by atoms with van der Waals surface area (Å²) in [6.45, 7) is 5.08. The third-order valence-electron chi connectivity index (χ3n) is 5.37. The minimum atomic E-state index is -3.90. The third kappa shape index (κ3) is 4.02. The standard InChI is InChI=1S/C21H24N4O4S2/c1-3-24(15-10-12-16(13-11-15)29-4-2)21(26)18-8-6-14-25(18)31(27,28)19-9-5-7-17-20(19)23-30-22-17/h5,7,9-13,18H,3-4,6,8,14H2,1-2H3/t18-/m1/s1. The molecule has 3 aromatic rings. The largest absolute Gasteiger partial charge is 0.494 e. The Hall–Kier alpha value is -2.56. The van der Waals surface area contributed by atoms with E-state index in [-0.39, 0.29) is 10.8 Å². The molecule has 1 saturated heterocycles. The van der Waals surface area contributed by atoms with E-state index in [0.717, 1.165) is 17.5 Å². The van der Waals surface area contributed by atoms with Crippen molar-refractivity contribution in [1.29, 1.82) is 0 Å². The van der Waals surface area contributed by atoms with Crippen molar-refractivity contribution in [2.75, 3.05) is 24.6 Å².